The summed E-state index contributed by atoms with van der Waals surface area (Å²) in [6, 6.07) is 6.63. The van der Waals surface area contributed by atoms with Gasteiger partial charge in [-0.15, -0.1) is 24.0 Å². The average molecular weight is 485 g/mol. The highest BCUT2D eigenvalue weighted by Crippen LogP contribution is 2.15. The fourth-order valence-corrected chi connectivity index (χ4v) is 2.16. The molecule has 1 aromatic rings. The molecule has 0 radical (unpaired) electrons. The zero-order valence-corrected chi connectivity index (χ0v) is 18.2. The zero-order chi connectivity index (χ0) is 18.7. The average Bonchev–Trinajstić information content (AvgIpc) is 2.54. The van der Waals surface area contributed by atoms with Crippen LogP contribution >= 0.6 is 24.0 Å². The van der Waals surface area contributed by atoms with Crippen molar-refractivity contribution in [1.29, 1.82) is 0 Å². The minimum absolute atomic E-state index is 0. The van der Waals surface area contributed by atoms with Gasteiger partial charge in [0.05, 0.1) is 6.10 Å². The molecule has 1 aromatic carbocycles. The van der Waals surface area contributed by atoms with Crippen molar-refractivity contribution in [2.75, 3.05) is 26.7 Å². The van der Waals surface area contributed by atoms with Gasteiger partial charge >= 0.3 is 6.61 Å². The number of nitrogens with zero attached hydrogens (tertiary/aromatic N) is 2. The Bertz CT molecular complexity index is 514. The van der Waals surface area contributed by atoms with Gasteiger partial charge in [-0.3, -0.25) is 4.99 Å². The highest BCUT2D eigenvalue weighted by atomic mass is 127. The lowest BCUT2D eigenvalue weighted by Gasteiger charge is -2.22. The van der Waals surface area contributed by atoms with Crippen LogP contribution in [-0.4, -0.2) is 50.3 Å². The van der Waals surface area contributed by atoms with E-state index in [-0.39, 0.29) is 35.8 Å². The maximum atomic E-state index is 12.2. The van der Waals surface area contributed by atoms with Gasteiger partial charge in [0.25, 0.3) is 0 Å². The first-order valence-corrected chi connectivity index (χ1v) is 8.57. The number of hydrogen-bond donors (Lipinski definition) is 1. The molecule has 0 atom stereocenters. The van der Waals surface area contributed by atoms with E-state index in [0.29, 0.717) is 19.7 Å². The van der Waals surface area contributed by atoms with E-state index < -0.39 is 6.61 Å². The van der Waals surface area contributed by atoms with Crippen LogP contribution in [0.5, 0.6) is 5.75 Å². The predicted octanol–water partition coefficient (Wildman–Crippen LogP) is 4.12. The van der Waals surface area contributed by atoms with E-state index in [9.17, 15) is 8.78 Å². The number of nitrogens with one attached hydrogen (secondary N) is 1. The summed E-state index contributed by atoms with van der Waals surface area (Å²) in [5.74, 6) is 0.965. The molecule has 1 rings (SSSR count). The molecule has 150 valence electrons. The van der Waals surface area contributed by atoms with Gasteiger partial charge in [0.1, 0.15) is 5.75 Å². The Morgan fingerprint density at radius 3 is 2.42 bits per heavy atom. The zero-order valence-electron chi connectivity index (χ0n) is 15.9. The number of rotatable bonds is 10. The number of benzene rings is 1. The molecule has 0 aliphatic rings. The quantitative estimate of drug-likeness (QED) is 0.235. The Labute approximate surface area is 172 Å². The summed E-state index contributed by atoms with van der Waals surface area (Å²) in [5.41, 5.74) is 0.984. The number of hydrogen-bond acceptors (Lipinski definition) is 3. The van der Waals surface area contributed by atoms with E-state index in [2.05, 4.69) is 15.0 Å². The van der Waals surface area contributed by atoms with Crippen LogP contribution in [0, 0.1) is 0 Å². The molecule has 5 nitrogen and oxygen atoms in total. The highest BCUT2D eigenvalue weighted by Gasteiger charge is 2.08. The standard InChI is InChI=1S/C18H29F2N3O2.HI/c1-5-21-18(22-11-6-12-24-14(2)3)23(4)13-15-7-9-16(10-8-15)25-17(19)20;/h7-10,14,17H,5-6,11-13H2,1-4H3,(H,21,22);1H. The monoisotopic (exact) mass is 485 g/mol. The first kappa shape index (κ1) is 24.8. The number of halogens is 3. The number of ether oxygens (including phenoxy) is 2. The van der Waals surface area contributed by atoms with Crippen molar-refractivity contribution in [2.24, 2.45) is 4.99 Å². The second-order valence-electron chi connectivity index (χ2n) is 5.89. The van der Waals surface area contributed by atoms with E-state index in [1.165, 1.54) is 0 Å². The van der Waals surface area contributed by atoms with Gasteiger partial charge in [-0.25, -0.2) is 0 Å². The van der Waals surface area contributed by atoms with Gasteiger partial charge in [-0.2, -0.15) is 8.78 Å². The molecule has 0 amide bonds. The fraction of sp³-hybridized carbons (Fsp3) is 0.611. The van der Waals surface area contributed by atoms with E-state index >= 15 is 0 Å². The Morgan fingerprint density at radius 1 is 1.23 bits per heavy atom. The molecular weight excluding hydrogens is 455 g/mol. The van der Waals surface area contributed by atoms with Gasteiger partial charge in [-0.1, -0.05) is 12.1 Å². The summed E-state index contributed by atoms with van der Waals surface area (Å²) < 4.78 is 34.2. The van der Waals surface area contributed by atoms with E-state index in [4.69, 9.17) is 4.74 Å². The molecule has 0 spiro atoms. The Hall–Kier alpha value is -1.16. The minimum Gasteiger partial charge on any atom is -0.435 e. The summed E-state index contributed by atoms with van der Waals surface area (Å²) in [5, 5.41) is 3.25. The molecule has 0 aliphatic heterocycles. The maximum absolute atomic E-state index is 12.2. The predicted molar refractivity (Wildman–Crippen MR) is 112 cm³/mol. The van der Waals surface area contributed by atoms with Crippen molar-refractivity contribution in [1.82, 2.24) is 10.2 Å². The molecule has 0 bridgehead atoms. The lowest BCUT2D eigenvalue weighted by molar-refractivity contribution is -0.0498. The van der Waals surface area contributed by atoms with Crippen LogP contribution in [0.25, 0.3) is 0 Å². The lowest BCUT2D eigenvalue weighted by Crippen LogP contribution is -2.38. The van der Waals surface area contributed by atoms with Crippen molar-refractivity contribution in [3.63, 3.8) is 0 Å². The molecule has 26 heavy (non-hydrogen) atoms. The molecule has 1 N–H and O–H groups in total. The fourth-order valence-electron chi connectivity index (χ4n) is 2.16. The van der Waals surface area contributed by atoms with Crippen molar-refractivity contribution in [3.05, 3.63) is 29.8 Å². The van der Waals surface area contributed by atoms with Gasteiger partial charge in [-0.05, 0) is 44.9 Å². The summed E-state index contributed by atoms with van der Waals surface area (Å²) in [4.78, 5) is 6.59. The normalized spacial score (nSPS) is 11.5. The highest BCUT2D eigenvalue weighted by molar-refractivity contribution is 14.0. The molecule has 0 unspecified atom stereocenters. The number of guanidine groups is 1. The van der Waals surface area contributed by atoms with Gasteiger partial charge in [0.15, 0.2) is 5.96 Å². The summed E-state index contributed by atoms with van der Waals surface area (Å²) >= 11 is 0. The smallest absolute Gasteiger partial charge is 0.387 e. The van der Waals surface area contributed by atoms with Crippen molar-refractivity contribution in [2.45, 2.75) is 46.5 Å². The third-order valence-corrected chi connectivity index (χ3v) is 3.28. The second kappa shape index (κ2) is 14.0. The summed E-state index contributed by atoms with van der Waals surface area (Å²) in [6.07, 6.45) is 1.09. The van der Waals surface area contributed by atoms with Crippen LogP contribution in [0.3, 0.4) is 0 Å². The van der Waals surface area contributed by atoms with Crippen LogP contribution in [0.15, 0.2) is 29.3 Å². The van der Waals surface area contributed by atoms with Gasteiger partial charge in [0, 0.05) is 33.3 Å². The van der Waals surface area contributed by atoms with Gasteiger partial charge < -0.3 is 19.7 Å². The maximum Gasteiger partial charge on any atom is 0.387 e. The van der Waals surface area contributed by atoms with Crippen LogP contribution in [0.2, 0.25) is 0 Å². The van der Waals surface area contributed by atoms with Crippen LogP contribution < -0.4 is 10.1 Å². The van der Waals surface area contributed by atoms with E-state index in [1.807, 2.05) is 32.7 Å². The summed E-state index contributed by atoms with van der Waals surface area (Å²) in [6.45, 7) is 5.99. The molecule has 8 heteroatoms. The first-order chi connectivity index (χ1) is 11.9. The minimum atomic E-state index is -2.80. The molecular formula is C18H30F2IN3O2. The van der Waals surface area contributed by atoms with Crippen molar-refractivity contribution < 1.29 is 18.3 Å². The lowest BCUT2D eigenvalue weighted by atomic mass is 10.2. The van der Waals surface area contributed by atoms with Gasteiger partial charge in [0.2, 0.25) is 0 Å². The Kier molecular flexibility index (Phi) is 13.3. The molecule has 0 heterocycles. The summed E-state index contributed by atoms with van der Waals surface area (Å²) in [7, 11) is 1.94. The van der Waals surface area contributed by atoms with E-state index in [1.54, 1.807) is 24.3 Å². The van der Waals surface area contributed by atoms with Crippen LogP contribution in [0.4, 0.5) is 8.78 Å². The Morgan fingerprint density at radius 2 is 1.88 bits per heavy atom. The largest absolute Gasteiger partial charge is 0.435 e. The van der Waals surface area contributed by atoms with E-state index in [0.717, 1.165) is 24.5 Å². The SMILES string of the molecule is CCNC(=NCCCOC(C)C)N(C)Cc1ccc(OC(F)F)cc1.I. The second-order valence-corrected chi connectivity index (χ2v) is 5.89. The Balaban J connectivity index is 0.00000625. The molecule has 0 saturated carbocycles. The number of aliphatic imine (C=N–C) groups is 1. The number of alkyl halides is 2. The third kappa shape index (κ3) is 10.7. The van der Waals surface area contributed by atoms with Crippen molar-refractivity contribution >= 4 is 29.9 Å². The van der Waals surface area contributed by atoms with Crippen LogP contribution in [0.1, 0.15) is 32.8 Å². The third-order valence-electron chi connectivity index (χ3n) is 3.28. The molecule has 0 fully saturated rings. The topological polar surface area (TPSA) is 46.1 Å². The molecule has 0 aromatic heterocycles. The first-order valence-electron chi connectivity index (χ1n) is 8.57. The molecule has 0 aliphatic carbocycles. The van der Waals surface area contributed by atoms with Crippen molar-refractivity contribution in [3.8, 4) is 5.75 Å². The molecule has 0 saturated heterocycles. The van der Waals surface area contributed by atoms with Crippen LogP contribution in [-0.2, 0) is 11.3 Å².